The molecule has 1 aliphatic rings. The molecule has 0 fully saturated rings. The molecule has 0 aromatic heterocycles. The van der Waals surface area contributed by atoms with E-state index in [1.165, 1.54) is 11.1 Å². The molecule has 0 radical (unpaired) electrons. The number of fused-ring (bicyclic) bond motifs is 1. The first kappa shape index (κ1) is 13.1. The molecule has 2 rings (SSSR count). The maximum absolute atomic E-state index is 11.3. The van der Waals surface area contributed by atoms with Crippen LogP contribution in [0.3, 0.4) is 0 Å². The van der Waals surface area contributed by atoms with Gasteiger partial charge in [0.05, 0.1) is 0 Å². The van der Waals surface area contributed by atoms with Crippen molar-refractivity contribution in [3.63, 3.8) is 0 Å². The normalized spacial score (nSPS) is 16.3. The highest BCUT2D eigenvalue weighted by molar-refractivity contribution is 5.93. The molecular weight excluding hydrogens is 228 g/mol. The molecule has 0 saturated carbocycles. The summed E-state index contributed by atoms with van der Waals surface area (Å²) in [5, 5.41) is 12.0. The molecule has 1 unspecified atom stereocenters. The fourth-order valence-corrected chi connectivity index (χ4v) is 2.46. The van der Waals surface area contributed by atoms with Gasteiger partial charge in [0, 0.05) is 24.8 Å². The van der Waals surface area contributed by atoms with Crippen molar-refractivity contribution >= 4 is 11.6 Å². The highest BCUT2D eigenvalue weighted by Gasteiger charge is 2.18. The first-order valence-corrected chi connectivity index (χ1v) is 6.32. The molecule has 1 aliphatic heterocycles. The van der Waals surface area contributed by atoms with Crippen LogP contribution in [0.5, 0.6) is 0 Å². The van der Waals surface area contributed by atoms with E-state index in [4.69, 9.17) is 5.11 Å². The molecule has 0 bridgehead atoms. The number of aliphatic hydroxyl groups excluding tert-OH is 1. The lowest BCUT2D eigenvalue weighted by Gasteiger charge is -2.26. The molecule has 1 heterocycles. The molecule has 1 atom stereocenters. The number of carbonyl (C=O) groups is 1. The predicted octanol–water partition coefficient (Wildman–Crippen LogP) is 1.56. The van der Waals surface area contributed by atoms with Crippen LogP contribution >= 0.6 is 0 Å². The third-order valence-corrected chi connectivity index (χ3v) is 3.44. The maximum atomic E-state index is 11.3. The summed E-state index contributed by atoms with van der Waals surface area (Å²) in [7, 11) is 4.03. The molecule has 0 saturated heterocycles. The Morgan fingerprint density at radius 2 is 2.17 bits per heavy atom. The van der Waals surface area contributed by atoms with E-state index in [1.807, 2.05) is 26.2 Å². The lowest BCUT2D eigenvalue weighted by atomic mass is 9.95. The molecule has 1 aromatic rings. The van der Waals surface area contributed by atoms with Gasteiger partial charge in [-0.05, 0) is 44.1 Å². The minimum atomic E-state index is 0.0924. The van der Waals surface area contributed by atoms with Gasteiger partial charge < -0.3 is 15.3 Å². The lowest BCUT2D eigenvalue weighted by molar-refractivity contribution is -0.116. The Bertz CT molecular complexity index is 443. The maximum Gasteiger partial charge on any atom is 0.224 e. The van der Waals surface area contributed by atoms with Gasteiger partial charge in [-0.1, -0.05) is 12.1 Å². The molecule has 1 aromatic carbocycles. The summed E-state index contributed by atoms with van der Waals surface area (Å²) in [4.78, 5) is 13.4. The lowest BCUT2D eigenvalue weighted by Crippen LogP contribution is -2.23. The quantitative estimate of drug-likeness (QED) is 0.850. The van der Waals surface area contributed by atoms with Crippen LogP contribution in [0.25, 0.3) is 0 Å². The van der Waals surface area contributed by atoms with Crippen LogP contribution in [0.15, 0.2) is 18.2 Å². The Hall–Kier alpha value is -1.39. The van der Waals surface area contributed by atoms with Gasteiger partial charge in [0.1, 0.15) is 0 Å². The number of aryl methyl sites for hydroxylation is 1. The number of amides is 1. The summed E-state index contributed by atoms with van der Waals surface area (Å²) < 4.78 is 0. The third-order valence-electron chi connectivity index (χ3n) is 3.44. The molecule has 18 heavy (non-hydrogen) atoms. The molecule has 98 valence electrons. The van der Waals surface area contributed by atoms with Gasteiger partial charge in [0.15, 0.2) is 0 Å². The molecule has 0 aliphatic carbocycles. The van der Waals surface area contributed by atoms with E-state index in [-0.39, 0.29) is 18.6 Å². The molecule has 2 N–H and O–H groups in total. The Morgan fingerprint density at radius 3 is 2.83 bits per heavy atom. The second kappa shape index (κ2) is 5.50. The number of nitrogens with one attached hydrogen (secondary N) is 1. The summed E-state index contributed by atoms with van der Waals surface area (Å²) in [6.07, 6.45) is 2.08. The second-order valence-electron chi connectivity index (χ2n) is 4.96. The molecule has 4 heteroatoms. The number of hydrogen-bond donors (Lipinski definition) is 2. The van der Waals surface area contributed by atoms with Gasteiger partial charge >= 0.3 is 0 Å². The summed E-state index contributed by atoms with van der Waals surface area (Å²) in [6, 6.07) is 6.37. The zero-order chi connectivity index (χ0) is 13.1. The van der Waals surface area contributed by atoms with E-state index < -0.39 is 0 Å². The Morgan fingerprint density at radius 1 is 1.39 bits per heavy atom. The second-order valence-corrected chi connectivity index (χ2v) is 4.96. The van der Waals surface area contributed by atoms with Gasteiger partial charge in [-0.15, -0.1) is 0 Å². The average Bonchev–Trinajstić information content (AvgIpc) is 2.35. The first-order valence-electron chi connectivity index (χ1n) is 6.32. The van der Waals surface area contributed by atoms with Gasteiger partial charge in [-0.3, -0.25) is 4.79 Å². The summed E-state index contributed by atoms with van der Waals surface area (Å²) >= 11 is 0. The number of nitrogens with zero attached hydrogens (tertiary/aromatic N) is 1. The largest absolute Gasteiger partial charge is 0.396 e. The smallest absolute Gasteiger partial charge is 0.224 e. The monoisotopic (exact) mass is 248 g/mol. The number of hydrogen-bond acceptors (Lipinski definition) is 3. The molecular formula is C14H20N2O2. The van der Waals surface area contributed by atoms with Crippen molar-refractivity contribution < 1.29 is 9.90 Å². The Balaban J connectivity index is 2.27. The van der Waals surface area contributed by atoms with Gasteiger partial charge in [0.2, 0.25) is 5.91 Å². The standard InChI is InChI=1S/C14H20N2O2/c1-16(2)13(7-8-17)11-3-5-12-10(9-11)4-6-14(18)15-12/h3,5,9,13,17H,4,6-8H2,1-2H3,(H,15,18). The van der Waals surface area contributed by atoms with E-state index in [1.54, 1.807) is 0 Å². The number of benzene rings is 1. The van der Waals surface area contributed by atoms with Crippen LogP contribution < -0.4 is 5.32 Å². The van der Waals surface area contributed by atoms with Gasteiger partial charge in [-0.25, -0.2) is 0 Å². The van der Waals surface area contributed by atoms with Crippen molar-refractivity contribution in [2.45, 2.75) is 25.3 Å². The number of aliphatic hydroxyl groups is 1. The first-order chi connectivity index (χ1) is 8.61. The highest BCUT2D eigenvalue weighted by Crippen LogP contribution is 2.29. The van der Waals surface area contributed by atoms with E-state index in [2.05, 4.69) is 16.3 Å². The zero-order valence-electron chi connectivity index (χ0n) is 10.9. The van der Waals surface area contributed by atoms with Crippen molar-refractivity contribution in [2.24, 2.45) is 0 Å². The fourth-order valence-electron chi connectivity index (χ4n) is 2.46. The number of rotatable bonds is 4. The van der Waals surface area contributed by atoms with Crippen molar-refractivity contribution in [1.29, 1.82) is 0 Å². The van der Waals surface area contributed by atoms with E-state index in [0.717, 1.165) is 18.5 Å². The highest BCUT2D eigenvalue weighted by atomic mass is 16.3. The average molecular weight is 248 g/mol. The molecule has 0 spiro atoms. The van der Waals surface area contributed by atoms with Crippen LogP contribution in [-0.2, 0) is 11.2 Å². The third kappa shape index (κ3) is 2.71. The van der Waals surface area contributed by atoms with Gasteiger partial charge in [-0.2, -0.15) is 0 Å². The topological polar surface area (TPSA) is 52.6 Å². The Labute approximate surface area is 108 Å². The van der Waals surface area contributed by atoms with Crippen molar-refractivity contribution in [2.75, 3.05) is 26.0 Å². The van der Waals surface area contributed by atoms with Crippen LogP contribution in [0.2, 0.25) is 0 Å². The van der Waals surface area contributed by atoms with E-state index in [9.17, 15) is 4.79 Å². The van der Waals surface area contributed by atoms with Crippen LogP contribution in [-0.4, -0.2) is 36.6 Å². The minimum absolute atomic E-state index is 0.0924. The minimum Gasteiger partial charge on any atom is -0.396 e. The summed E-state index contributed by atoms with van der Waals surface area (Å²) in [6.45, 7) is 0.177. The van der Waals surface area contributed by atoms with E-state index >= 15 is 0 Å². The number of anilines is 1. The fraction of sp³-hybridized carbons (Fsp3) is 0.500. The number of carbonyl (C=O) groups excluding carboxylic acids is 1. The SMILES string of the molecule is CN(C)C(CCO)c1ccc2c(c1)CCC(=O)N2. The molecule has 1 amide bonds. The summed E-state index contributed by atoms with van der Waals surface area (Å²) in [5.41, 5.74) is 3.32. The predicted molar refractivity (Wildman–Crippen MR) is 71.5 cm³/mol. The Kier molecular flexibility index (Phi) is 3.99. The van der Waals surface area contributed by atoms with Crippen LogP contribution in [0, 0.1) is 0 Å². The molecule has 4 nitrogen and oxygen atoms in total. The zero-order valence-corrected chi connectivity index (χ0v) is 10.9. The van der Waals surface area contributed by atoms with Gasteiger partial charge in [0.25, 0.3) is 0 Å². The van der Waals surface area contributed by atoms with E-state index in [0.29, 0.717) is 6.42 Å². The summed E-state index contributed by atoms with van der Waals surface area (Å²) in [5.74, 6) is 0.0924. The van der Waals surface area contributed by atoms with Crippen molar-refractivity contribution in [3.8, 4) is 0 Å². The van der Waals surface area contributed by atoms with Crippen molar-refractivity contribution in [3.05, 3.63) is 29.3 Å². The van der Waals surface area contributed by atoms with Crippen LogP contribution in [0.4, 0.5) is 5.69 Å². The van der Waals surface area contributed by atoms with Crippen molar-refractivity contribution in [1.82, 2.24) is 4.90 Å². The van der Waals surface area contributed by atoms with Crippen LogP contribution in [0.1, 0.15) is 30.0 Å².